The van der Waals surface area contributed by atoms with Crippen molar-refractivity contribution in [3.63, 3.8) is 0 Å². The summed E-state index contributed by atoms with van der Waals surface area (Å²) in [7, 11) is 0. The van der Waals surface area contributed by atoms with Gasteiger partial charge in [0.15, 0.2) is 0 Å². The summed E-state index contributed by atoms with van der Waals surface area (Å²) < 4.78 is 5.53. The molecule has 0 spiro atoms. The summed E-state index contributed by atoms with van der Waals surface area (Å²) in [4.78, 5) is 13.9. The summed E-state index contributed by atoms with van der Waals surface area (Å²) in [6.45, 7) is 5.52. The summed E-state index contributed by atoms with van der Waals surface area (Å²) in [6.07, 6.45) is 0.636. The van der Waals surface area contributed by atoms with Gasteiger partial charge in [-0.1, -0.05) is 26.0 Å². The maximum absolute atomic E-state index is 12.2. The van der Waals surface area contributed by atoms with Crippen molar-refractivity contribution >= 4 is 11.6 Å². The van der Waals surface area contributed by atoms with E-state index in [1.165, 1.54) is 0 Å². The number of carbonyl (C=O) groups is 1. The molecule has 0 atom stereocenters. The molecular formula is C16H23N3O2. The van der Waals surface area contributed by atoms with Crippen LogP contribution in [-0.2, 0) is 4.79 Å². The Morgan fingerprint density at radius 2 is 2.14 bits per heavy atom. The normalized spacial score (nSPS) is 10.2. The van der Waals surface area contributed by atoms with Crippen LogP contribution < -0.4 is 10.5 Å². The van der Waals surface area contributed by atoms with Crippen molar-refractivity contribution in [2.24, 2.45) is 5.92 Å². The van der Waals surface area contributed by atoms with E-state index in [1.807, 2.05) is 26.0 Å². The summed E-state index contributed by atoms with van der Waals surface area (Å²) in [5.74, 6) is 0.976. The van der Waals surface area contributed by atoms with E-state index in [-0.39, 0.29) is 18.9 Å². The van der Waals surface area contributed by atoms with Gasteiger partial charge in [-0.3, -0.25) is 4.79 Å². The number of ether oxygens (including phenoxy) is 1. The van der Waals surface area contributed by atoms with Crippen molar-refractivity contribution in [3.8, 4) is 11.8 Å². The van der Waals surface area contributed by atoms with E-state index >= 15 is 0 Å². The van der Waals surface area contributed by atoms with Crippen LogP contribution in [0.25, 0.3) is 0 Å². The monoisotopic (exact) mass is 289 g/mol. The molecule has 0 aliphatic rings. The minimum Gasteiger partial charge on any atom is -0.491 e. The number of nitrogens with two attached hydrogens (primary N) is 1. The number of benzene rings is 1. The number of rotatable bonds is 8. The minimum absolute atomic E-state index is 0.00783. The Hall–Kier alpha value is -2.22. The Morgan fingerprint density at radius 1 is 1.43 bits per heavy atom. The summed E-state index contributed by atoms with van der Waals surface area (Å²) in [5, 5.41) is 8.66. The van der Waals surface area contributed by atoms with Gasteiger partial charge in [0.2, 0.25) is 5.91 Å². The van der Waals surface area contributed by atoms with Crippen molar-refractivity contribution in [2.75, 3.05) is 25.4 Å². The number of hydrogen-bond acceptors (Lipinski definition) is 4. The standard InChI is InChI=1S/C16H23N3O2/c1-13(2)12-19(10-5-9-17)16(20)8-11-21-15-7-4-3-6-14(15)18/h3-4,6-7,13H,5,8,10-12,18H2,1-2H3. The minimum atomic E-state index is 0.00783. The molecule has 1 aromatic carbocycles. The van der Waals surface area contributed by atoms with E-state index in [1.54, 1.807) is 17.0 Å². The molecule has 5 nitrogen and oxygen atoms in total. The van der Waals surface area contributed by atoms with Crippen molar-refractivity contribution in [2.45, 2.75) is 26.7 Å². The van der Waals surface area contributed by atoms with Crippen LogP contribution in [0.3, 0.4) is 0 Å². The predicted octanol–water partition coefficient (Wildman–Crippen LogP) is 2.44. The second kappa shape index (κ2) is 8.85. The van der Waals surface area contributed by atoms with Gasteiger partial charge in [-0.05, 0) is 18.1 Å². The van der Waals surface area contributed by atoms with E-state index in [0.717, 1.165) is 0 Å². The van der Waals surface area contributed by atoms with Crippen molar-refractivity contribution in [3.05, 3.63) is 24.3 Å². The fourth-order valence-corrected chi connectivity index (χ4v) is 1.96. The Bertz CT molecular complexity index is 495. The lowest BCUT2D eigenvalue weighted by molar-refractivity contribution is -0.132. The first-order chi connectivity index (χ1) is 10.0. The predicted molar refractivity (Wildman–Crippen MR) is 82.6 cm³/mol. The molecule has 2 N–H and O–H groups in total. The van der Waals surface area contributed by atoms with Gasteiger partial charge >= 0.3 is 0 Å². The van der Waals surface area contributed by atoms with Crippen molar-refractivity contribution in [1.82, 2.24) is 4.90 Å². The molecule has 0 aromatic heterocycles. The molecule has 0 aliphatic carbocycles. The van der Waals surface area contributed by atoms with Crippen LogP contribution in [0, 0.1) is 17.2 Å². The number of para-hydroxylation sites is 2. The van der Waals surface area contributed by atoms with Gasteiger partial charge in [-0.25, -0.2) is 0 Å². The number of nitriles is 1. The molecule has 0 radical (unpaired) electrons. The van der Waals surface area contributed by atoms with E-state index in [9.17, 15) is 4.79 Å². The molecule has 1 rings (SSSR count). The van der Waals surface area contributed by atoms with Crippen LogP contribution in [0.2, 0.25) is 0 Å². The average molecular weight is 289 g/mol. The molecule has 0 heterocycles. The van der Waals surface area contributed by atoms with E-state index in [4.69, 9.17) is 15.7 Å². The molecule has 21 heavy (non-hydrogen) atoms. The Balaban J connectivity index is 2.46. The number of nitrogen functional groups attached to an aromatic ring is 1. The number of anilines is 1. The van der Waals surface area contributed by atoms with Gasteiger partial charge in [0.25, 0.3) is 0 Å². The first kappa shape index (κ1) is 16.8. The van der Waals surface area contributed by atoms with E-state index < -0.39 is 0 Å². The summed E-state index contributed by atoms with van der Waals surface area (Å²) in [5.41, 5.74) is 6.34. The van der Waals surface area contributed by atoms with Gasteiger partial charge in [0, 0.05) is 13.1 Å². The SMILES string of the molecule is CC(C)CN(CCC#N)C(=O)CCOc1ccccc1N. The second-order valence-corrected chi connectivity index (χ2v) is 5.28. The third kappa shape index (κ3) is 6.17. The lowest BCUT2D eigenvalue weighted by atomic mass is 10.2. The van der Waals surface area contributed by atoms with Crippen LogP contribution >= 0.6 is 0 Å². The first-order valence-corrected chi connectivity index (χ1v) is 7.16. The van der Waals surface area contributed by atoms with Gasteiger partial charge < -0.3 is 15.4 Å². The Morgan fingerprint density at radius 3 is 2.76 bits per heavy atom. The van der Waals surface area contributed by atoms with Gasteiger partial charge in [-0.15, -0.1) is 0 Å². The summed E-state index contributed by atoms with van der Waals surface area (Å²) >= 11 is 0. The average Bonchev–Trinajstić information content (AvgIpc) is 2.45. The Labute approximate surface area is 126 Å². The highest BCUT2D eigenvalue weighted by molar-refractivity contribution is 5.76. The maximum Gasteiger partial charge on any atom is 0.226 e. The molecule has 0 fully saturated rings. The van der Waals surface area contributed by atoms with Crippen LogP contribution in [0.5, 0.6) is 5.75 Å². The van der Waals surface area contributed by atoms with Crippen molar-refractivity contribution in [1.29, 1.82) is 5.26 Å². The van der Waals surface area contributed by atoms with Crippen LogP contribution in [0.15, 0.2) is 24.3 Å². The van der Waals surface area contributed by atoms with Gasteiger partial charge in [0.05, 0.1) is 31.2 Å². The molecule has 0 saturated heterocycles. The molecule has 5 heteroatoms. The molecule has 1 aromatic rings. The highest BCUT2D eigenvalue weighted by Crippen LogP contribution is 2.19. The number of hydrogen-bond donors (Lipinski definition) is 1. The topological polar surface area (TPSA) is 79.3 Å². The zero-order chi connectivity index (χ0) is 15.7. The van der Waals surface area contributed by atoms with Crippen LogP contribution in [0.4, 0.5) is 5.69 Å². The number of nitrogens with zero attached hydrogens (tertiary/aromatic N) is 2. The molecule has 0 saturated carbocycles. The molecule has 0 aliphatic heterocycles. The highest BCUT2D eigenvalue weighted by atomic mass is 16.5. The smallest absolute Gasteiger partial charge is 0.226 e. The number of carbonyl (C=O) groups excluding carboxylic acids is 1. The lowest BCUT2D eigenvalue weighted by Crippen LogP contribution is -2.35. The molecule has 114 valence electrons. The molecule has 0 unspecified atom stereocenters. The highest BCUT2D eigenvalue weighted by Gasteiger charge is 2.14. The Kier molecular flexibility index (Phi) is 7.10. The van der Waals surface area contributed by atoms with E-state index in [0.29, 0.717) is 36.9 Å². The van der Waals surface area contributed by atoms with Crippen LogP contribution in [-0.4, -0.2) is 30.5 Å². The molecular weight excluding hydrogens is 266 g/mol. The third-order valence-corrected chi connectivity index (χ3v) is 2.92. The molecule has 1 amide bonds. The van der Waals surface area contributed by atoms with Gasteiger partial charge in [0.1, 0.15) is 5.75 Å². The first-order valence-electron chi connectivity index (χ1n) is 7.16. The zero-order valence-corrected chi connectivity index (χ0v) is 12.7. The fourth-order valence-electron chi connectivity index (χ4n) is 1.96. The lowest BCUT2D eigenvalue weighted by Gasteiger charge is -2.23. The molecule has 0 bridgehead atoms. The number of amides is 1. The third-order valence-electron chi connectivity index (χ3n) is 2.92. The van der Waals surface area contributed by atoms with Crippen molar-refractivity contribution < 1.29 is 9.53 Å². The van der Waals surface area contributed by atoms with E-state index in [2.05, 4.69) is 6.07 Å². The quantitative estimate of drug-likeness (QED) is 0.745. The second-order valence-electron chi connectivity index (χ2n) is 5.28. The fraction of sp³-hybridized carbons (Fsp3) is 0.500. The van der Waals surface area contributed by atoms with Gasteiger partial charge in [-0.2, -0.15) is 5.26 Å². The van der Waals surface area contributed by atoms with Crippen LogP contribution in [0.1, 0.15) is 26.7 Å². The zero-order valence-electron chi connectivity index (χ0n) is 12.7. The maximum atomic E-state index is 12.2. The largest absolute Gasteiger partial charge is 0.491 e. The summed E-state index contributed by atoms with van der Waals surface area (Å²) in [6, 6.07) is 9.28.